The van der Waals surface area contributed by atoms with Crippen molar-refractivity contribution in [2.45, 2.75) is 46.0 Å². The molecule has 0 spiro atoms. The van der Waals surface area contributed by atoms with Crippen molar-refractivity contribution in [3.8, 4) is 0 Å². The molecule has 4 heteroatoms. The maximum Gasteiger partial charge on any atom is 0.223 e. The molecule has 1 aromatic heterocycles. The van der Waals surface area contributed by atoms with Crippen LogP contribution in [0.25, 0.3) is 0 Å². The molecule has 1 aliphatic rings. The fraction of sp³-hybridized carbons (Fsp3) is 0.667. The average Bonchev–Trinajstić information content (AvgIpc) is 2.57. The zero-order chi connectivity index (χ0) is 11.7. The molecule has 3 nitrogen and oxygen atoms in total. The highest BCUT2D eigenvalue weighted by Crippen LogP contribution is 2.41. The second-order valence-corrected chi connectivity index (χ2v) is 5.78. The average molecular weight is 238 g/mol. The van der Waals surface area contributed by atoms with E-state index in [0.29, 0.717) is 11.8 Å². The Balaban J connectivity index is 2.27. The smallest absolute Gasteiger partial charge is 0.223 e. The van der Waals surface area contributed by atoms with E-state index < -0.39 is 0 Å². The summed E-state index contributed by atoms with van der Waals surface area (Å²) in [4.78, 5) is 16.9. The van der Waals surface area contributed by atoms with Crippen LogP contribution in [-0.2, 0) is 11.2 Å². The number of anilines is 1. The van der Waals surface area contributed by atoms with Gasteiger partial charge in [0.1, 0.15) is 0 Å². The zero-order valence-electron chi connectivity index (χ0n) is 10.0. The van der Waals surface area contributed by atoms with Gasteiger partial charge in [0.25, 0.3) is 0 Å². The van der Waals surface area contributed by atoms with Crippen LogP contribution in [0, 0.1) is 5.92 Å². The predicted octanol–water partition coefficient (Wildman–Crippen LogP) is 3.18. The summed E-state index contributed by atoms with van der Waals surface area (Å²) in [5, 5.41) is 3.56. The van der Waals surface area contributed by atoms with E-state index in [1.807, 2.05) is 0 Å². The standard InChI is InChI=1S/C12H18N2OS/c1-7(2)9-5-4-6-10-11(9)16-12(14-10)13-8(3)15/h7,9H,4-6H2,1-3H3,(H,13,14,15)/t9-/m1/s1. The first kappa shape index (κ1) is 11.6. The van der Waals surface area contributed by atoms with Crippen LogP contribution < -0.4 is 5.32 Å². The minimum absolute atomic E-state index is 0.0350. The van der Waals surface area contributed by atoms with Gasteiger partial charge in [0.2, 0.25) is 5.91 Å². The summed E-state index contributed by atoms with van der Waals surface area (Å²) >= 11 is 1.66. The lowest BCUT2D eigenvalue weighted by Gasteiger charge is -2.24. The molecule has 0 radical (unpaired) electrons. The molecule has 1 aromatic rings. The first-order valence-corrected chi connectivity index (χ1v) is 6.66. The number of nitrogens with one attached hydrogen (secondary N) is 1. The third-order valence-electron chi connectivity index (χ3n) is 3.08. The molecule has 0 aliphatic heterocycles. The van der Waals surface area contributed by atoms with Crippen LogP contribution in [0.2, 0.25) is 0 Å². The highest BCUT2D eigenvalue weighted by molar-refractivity contribution is 7.16. The number of fused-ring (bicyclic) bond motifs is 1. The molecule has 2 rings (SSSR count). The number of nitrogens with zero attached hydrogens (tertiary/aromatic N) is 1. The lowest BCUT2D eigenvalue weighted by atomic mass is 9.84. The first-order valence-electron chi connectivity index (χ1n) is 5.85. The molecule has 0 aromatic carbocycles. The number of aryl methyl sites for hydroxylation is 1. The number of aromatic nitrogens is 1. The van der Waals surface area contributed by atoms with E-state index in [1.54, 1.807) is 11.3 Å². The Kier molecular flexibility index (Phi) is 3.28. The van der Waals surface area contributed by atoms with Gasteiger partial charge < -0.3 is 5.32 Å². The van der Waals surface area contributed by atoms with Crippen molar-refractivity contribution >= 4 is 22.4 Å². The minimum Gasteiger partial charge on any atom is -0.302 e. The van der Waals surface area contributed by atoms with Gasteiger partial charge in [-0.1, -0.05) is 13.8 Å². The van der Waals surface area contributed by atoms with E-state index in [0.717, 1.165) is 11.6 Å². The Bertz CT molecular complexity index is 398. The molecular formula is C12H18N2OS. The molecule has 1 heterocycles. The molecular weight excluding hydrogens is 220 g/mol. The van der Waals surface area contributed by atoms with Gasteiger partial charge in [-0.25, -0.2) is 4.98 Å². The number of hydrogen-bond donors (Lipinski definition) is 1. The van der Waals surface area contributed by atoms with E-state index in [4.69, 9.17) is 0 Å². The molecule has 0 fully saturated rings. The van der Waals surface area contributed by atoms with Gasteiger partial charge in [0.05, 0.1) is 5.69 Å². The fourth-order valence-corrected chi connectivity index (χ4v) is 3.66. The van der Waals surface area contributed by atoms with Gasteiger partial charge in [-0.3, -0.25) is 4.79 Å². The van der Waals surface area contributed by atoms with Crippen molar-refractivity contribution < 1.29 is 4.79 Å². The van der Waals surface area contributed by atoms with Crippen LogP contribution in [0.1, 0.15) is 50.1 Å². The van der Waals surface area contributed by atoms with Crippen molar-refractivity contribution in [1.82, 2.24) is 4.98 Å². The summed E-state index contributed by atoms with van der Waals surface area (Å²) in [6.45, 7) is 6.05. The van der Waals surface area contributed by atoms with Gasteiger partial charge in [-0.2, -0.15) is 0 Å². The molecule has 1 amide bonds. The quantitative estimate of drug-likeness (QED) is 0.859. The summed E-state index contributed by atoms with van der Waals surface area (Å²) in [7, 11) is 0. The molecule has 0 saturated heterocycles. The van der Waals surface area contributed by atoms with E-state index in [9.17, 15) is 4.79 Å². The molecule has 0 bridgehead atoms. The van der Waals surface area contributed by atoms with Gasteiger partial charge in [-0.05, 0) is 31.1 Å². The second-order valence-electron chi connectivity index (χ2n) is 4.75. The van der Waals surface area contributed by atoms with Crippen LogP contribution in [0.3, 0.4) is 0 Å². The molecule has 88 valence electrons. The lowest BCUT2D eigenvalue weighted by Crippen LogP contribution is -2.12. The number of amides is 1. The Morgan fingerprint density at radius 3 is 2.94 bits per heavy atom. The minimum atomic E-state index is -0.0350. The lowest BCUT2D eigenvalue weighted by molar-refractivity contribution is -0.114. The molecule has 1 aliphatic carbocycles. The first-order chi connectivity index (χ1) is 7.58. The van der Waals surface area contributed by atoms with E-state index in [1.165, 1.54) is 30.3 Å². The number of carbonyl (C=O) groups excluding carboxylic acids is 1. The van der Waals surface area contributed by atoms with Crippen LogP contribution in [0.4, 0.5) is 5.13 Å². The maximum absolute atomic E-state index is 11.0. The molecule has 0 saturated carbocycles. The molecule has 16 heavy (non-hydrogen) atoms. The Morgan fingerprint density at radius 1 is 1.56 bits per heavy atom. The van der Waals surface area contributed by atoms with Crippen LogP contribution in [0.5, 0.6) is 0 Å². The maximum atomic E-state index is 11.0. The summed E-state index contributed by atoms with van der Waals surface area (Å²) in [6, 6.07) is 0. The SMILES string of the molecule is CC(=O)Nc1nc2c(s1)[C@@H](C(C)C)CCC2. The third-order valence-corrected chi connectivity index (χ3v) is 4.23. The van der Waals surface area contributed by atoms with E-state index >= 15 is 0 Å². The summed E-state index contributed by atoms with van der Waals surface area (Å²) in [6.07, 6.45) is 3.54. The van der Waals surface area contributed by atoms with E-state index in [-0.39, 0.29) is 5.91 Å². The van der Waals surface area contributed by atoms with Gasteiger partial charge in [-0.15, -0.1) is 11.3 Å². The largest absolute Gasteiger partial charge is 0.302 e. The topological polar surface area (TPSA) is 42.0 Å². The van der Waals surface area contributed by atoms with Crippen LogP contribution >= 0.6 is 11.3 Å². The van der Waals surface area contributed by atoms with Crippen molar-refractivity contribution in [2.24, 2.45) is 5.92 Å². The fourth-order valence-electron chi connectivity index (χ4n) is 2.29. The van der Waals surface area contributed by atoms with Crippen molar-refractivity contribution in [2.75, 3.05) is 5.32 Å². The summed E-state index contributed by atoms with van der Waals surface area (Å²) in [5.74, 6) is 1.25. The summed E-state index contributed by atoms with van der Waals surface area (Å²) < 4.78 is 0. The Morgan fingerprint density at radius 2 is 2.31 bits per heavy atom. The van der Waals surface area contributed by atoms with Crippen molar-refractivity contribution in [3.05, 3.63) is 10.6 Å². The van der Waals surface area contributed by atoms with Crippen molar-refractivity contribution in [3.63, 3.8) is 0 Å². The van der Waals surface area contributed by atoms with Crippen LogP contribution in [0.15, 0.2) is 0 Å². The third kappa shape index (κ3) is 2.26. The van der Waals surface area contributed by atoms with Gasteiger partial charge in [0, 0.05) is 11.8 Å². The number of rotatable bonds is 2. The van der Waals surface area contributed by atoms with Crippen molar-refractivity contribution in [1.29, 1.82) is 0 Å². The Labute approximate surface area is 100 Å². The Hall–Kier alpha value is -0.900. The summed E-state index contributed by atoms with van der Waals surface area (Å²) in [5.41, 5.74) is 1.21. The molecule has 0 unspecified atom stereocenters. The zero-order valence-corrected chi connectivity index (χ0v) is 10.9. The number of carbonyl (C=O) groups is 1. The number of thiazole rings is 1. The highest BCUT2D eigenvalue weighted by Gasteiger charge is 2.26. The monoisotopic (exact) mass is 238 g/mol. The normalized spacial score (nSPS) is 19.6. The highest BCUT2D eigenvalue weighted by atomic mass is 32.1. The predicted molar refractivity (Wildman–Crippen MR) is 66.9 cm³/mol. The van der Waals surface area contributed by atoms with Crippen LogP contribution in [-0.4, -0.2) is 10.9 Å². The van der Waals surface area contributed by atoms with Gasteiger partial charge in [0.15, 0.2) is 5.13 Å². The molecule has 1 atom stereocenters. The number of hydrogen-bond acceptors (Lipinski definition) is 3. The van der Waals surface area contributed by atoms with E-state index in [2.05, 4.69) is 24.1 Å². The van der Waals surface area contributed by atoms with Gasteiger partial charge >= 0.3 is 0 Å². The second kappa shape index (κ2) is 4.53. The molecule has 1 N–H and O–H groups in total.